The number of piperazine rings is 1. The fourth-order valence-corrected chi connectivity index (χ4v) is 3.14. The molecule has 0 saturated carbocycles. The zero-order valence-corrected chi connectivity index (χ0v) is 15.9. The molecule has 1 aromatic heterocycles. The Morgan fingerprint density at radius 1 is 1.03 bits per heavy atom. The van der Waals surface area contributed by atoms with E-state index in [1.165, 1.54) is 18.3 Å². The molecule has 0 bridgehead atoms. The van der Waals surface area contributed by atoms with Gasteiger partial charge in [-0.3, -0.25) is 14.5 Å². The molecule has 8 nitrogen and oxygen atoms in total. The lowest BCUT2D eigenvalue weighted by Gasteiger charge is -2.36. The molecule has 3 heterocycles. The molecule has 0 atom stereocenters. The lowest BCUT2D eigenvalue weighted by atomic mass is 10.2. The summed E-state index contributed by atoms with van der Waals surface area (Å²) in [6.07, 6.45) is -3.25. The summed E-state index contributed by atoms with van der Waals surface area (Å²) in [5, 5.41) is 0. The number of carbonyl (C=O) groups is 2. The fraction of sp³-hybridized carbons (Fsp3) is 0.611. The Kier molecular flexibility index (Phi) is 6.91. The van der Waals surface area contributed by atoms with E-state index in [1.54, 1.807) is 9.80 Å². The molecule has 160 valence electrons. The molecule has 2 saturated heterocycles. The van der Waals surface area contributed by atoms with Gasteiger partial charge in [0.1, 0.15) is 0 Å². The van der Waals surface area contributed by atoms with Crippen molar-refractivity contribution in [1.29, 1.82) is 0 Å². The van der Waals surface area contributed by atoms with Crippen LogP contribution in [0.1, 0.15) is 10.4 Å². The fourth-order valence-electron chi connectivity index (χ4n) is 3.14. The van der Waals surface area contributed by atoms with E-state index in [9.17, 15) is 22.8 Å². The van der Waals surface area contributed by atoms with Crippen LogP contribution in [0.15, 0.2) is 18.3 Å². The van der Waals surface area contributed by atoms with E-state index >= 15 is 0 Å². The van der Waals surface area contributed by atoms with Crippen molar-refractivity contribution in [3.8, 4) is 5.88 Å². The van der Waals surface area contributed by atoms with E-state index < -0.39 is 12.8 Å². The maximum absolute atomic E-state index is 12.6. The monoisotopic (exact) mass is 416 g/mol. The second-order valence-corrected chi connectivity index (χ2v) is 6.85. The molecule has 3 rings (SSSR count). The van der Waals surface area contributed by atoms with Gasteiger partial charge in [0, 0.05) is 51.5 Å². The van der Waals surface area contributed by atoms with Crippen LogP contribution in [-0.4, -0.2) is 103 Å². The Morgan fingerprint density at radius 3 is 2.28 bits per heavy atom. The van der Waals surface area contributed by atoms with Crippen molar-refractivity contribution in [3.05, 3.63) is 23.9 Å². The van der Waals surface area contributed by atoms with E-state index in [2.05, 4.69) is 14.6 Å². The lowest BCUT2D eigenvalue weighted by Crippen LogP contribution is -2.53. The number of morpholine rings is 1. The van der Waals surface area contributed by atoms with Crippen LogP contribution in [0.4, 0.5) is 13.2 Å². The van der Waals surface area contributed by atoms with E-state index in [4.69, 9.17) is 4.74 Å². The van der Waals surface area contributed by atoms with Crippen LogP contribution in [0.3, 0.4) is 0 Å². The first-order valence-corrected chi connectivity index (χ1v) is 9.34. The average molecular weight is 416 g/mol. The number of ether oxygens (including phenoxy) is 2. The number of pyridine rings is 1. The molecule has 0 spiro atoms. The van der Waals surface area contributed by atoms with Crippen LogP contribution < -0.4 is 4.74 Å². The van der Waals surface area contributed by atoms with Crippen molar-refractivity contribution in [2.24, 2.45) is 0 Å². The maximum Gasteiger partial charge on any atom is 0.422 e. The number of nitrogens with zero attached hydrogens (tertiary/aromatic N) is 4. The van der Waals surface area contributed by atoms with Crippen molar-refractivity contribution >= 4 is 11.8 Å². The molecular formula is C18H23F3N4O4. The minimum absolute atomic E-state index is 0.0341. The second kappa shape index (κ2) is 9.40. The van der Waals surface area contributed by atoms with Gasteiger partial charge in [-0.05, 0) is 6.07 Å². The van der Waals surface area contributed by atoms with Gasteiger partial charge in [-0.1, -0.05) is 0 Å². The van der Waals surface area contributed by atoms with Gasteiger partial charge in [-0.15, -0.1) is 0 Å². The summed E-state index contributed by atoms with van der Waals surface area (Å²) in [5.41, 5.74) is 0.262. The lowest BCUT2D eigenvalue weighted by molar-refractivity contribution is -0.154. The number of aromatic nitrogens is 1. The molecule has 0 N–H and O–H groups in total. The summed E-state index contributed by atoms with van der Waals surface area (Å²) >= 11 is 0. The molecule has 0 unspecified atom stereocenters. The SMILES string of the molecule is O=C(CN1CCOCC1)N1CCN(C(=O)c2ccc(OCC(F)(F)F)nc2)CC1. The zero-order chi connectivity index (χ0) is 20.9. The van der Waals surface area contributed by atoms with Crippen LogP contribution >= 0.6 is 0 Å². The van der Waals surface area contributed by atoms with Gasteiger partial charge < -0.3 is 19.3 Å². The Bertz CT molecular complexity index is 700. The Morgan fingerprint density at radius 2 is 1.69 bits per heavy atom. The van der Waals surface area contributed by atoms with E-state index in [1.807, 2.05) is 0 Å². The van der Waals surface area contributed by atoms with E-state index in [0.29, 0.717) is 45.9 Å². The van der Waals surface area contributed by atoms with Crippen molar-refractivity contribution in [2.45, 2.75) is 6.18 Å². The summed E-state index contributed by atoms with van der Waals surface area (Å²) in [5.74, 6) is -0.440. The normalized spacial score (nSPS) is 18.6. The number of rotatable bonds is 5. The number of hydrogen-bond acceptors (Lipinski definition) is 6. The zero-order valence-electron chi connectivity index (χ0n) is 15.9. The summed E-state index contributed by atoms with van der Waals surface area (Å²) < 4.78 is 46.3. The first kappa shape index (κ1) is 21.3. The third kappa shape index (κ3) is 6.29. The maximum atomic E-state index is 12.6. The molecule has 2 aliphatic rings. The van der Waals surface area contributed by atoms with Gasteiger partial charge in [-0.2, -0.15) is 13.2 Å². The van der Waals surface area contributed by atoms with Crippen molar-refractivity contribution in [3.63, 3.8) is 0 Å². The Hall–Kier alpha value is -2.40. The number of amides is 2. The van der Waals surface area contributed by atoms with Gasteiger partial charge in [-0.25, -0.2) is 4.98 Å². The predicted octanol–water partition coefficient (Wildman–Crippen LogP) is 0.639. The number of hydrogen-bond donors (Lipinski definition) is 0. The highest BCUT2D eigenvalue weighted by Gasteiger charge is 2.29. The molecule has 0 aromatic carbocycles. The molecule has 29 heavy (non-hydrogen) atoms. The first-order chi connectivity index (χ1) is 13.8. The van der Waals surface area contributed by atoms with Gasteiger partial charge in [0.2, 0.25) is 11.8 Å². The first-order valence-electron chi connectivity index (χ1n) is 9.34. The number of halogens is 3. The minimum Gasteiger partial charge on any atom is -0.468 e. The van der Waals surface area contributed by atoms with Gasteiger partial charge in [0.15, 0.2) is 6.61 Å². The highest BCUT2D eigenvalue weighted by atomic mass is 19.4. The quantitative estimate of drug-likeness (QED) is 0.702. The highest BCUT2D eigenvalue weighted by molar-refractivity contribution is 5.94. The molecular weight excluding hydrogens is 393 g/mol. The van der Waals surface area contributed by atoms with Crippen LogP contribution in [0.5, 0.6) is 5.88 Å². The molecule has 2 fully saturated rings. The Balaban J connectivity index is 1.46. The van der Waals surface area contributed by atoms with Crippen molar-refractivity contribution in [1.82, 2.24) is 19.7 Å². The van der Waals surface area contributed by atoms with Crippen LogP contribution in [0, 0.1) is 0 Å². The largest absolute Gasteiger partial charge is 0.468 e. The van der Waals surface area contributed by atoms with Gasteiger partial charge >= 0.3 is 6.18 Å². The molecule has 0 aliphatic carbocycles. The van der Waals surface area contributed by atoms with Gasteiger partial charge in [0.05, 0.1) is 25.3 Å². The molecule has 2 aliphatic heterocycles. The average Bonchev–Trinajstić information content (AvgIpc) is 2.72. The highest BCUT2D eigenvalue weighted by Crippen LogP contribution is 2.17. The van der Waals surface area contributed by atoms with Gasteiger partial charge in [0.25, 0.3) is 5.91 Å². The number of alkyl halides is 3. The Labute approximate surface area is 166 Å². The second-order valence-electron chi connectivity index (χ2n) is 6.85. The topological polar surface area (TPSA) is 75.2 Å². The molecule has 11 heteroatoms. The van der Waals surface area contributed by atoms with Crippen LogP contribution in [-0.2, 0) is 9.53 Å². The van der Waals surface area contributed by atoms with E-state index in [0.717, 1.165) is 13.1 Å². The summed E-state index contributed by atoms with van der Waals surface area (Å²) in [6.45, 7) is 3.30. The third-order valence-electron chi connectivity index (χ3n) is 4.75. The third-order valence-corrected chi connectivity index (χ3v) is 4.75. The van der Waals surface area contributed by atoms with Crippen LogP contribution in [0.2, 0.25) is 0 Å². The smallest absolute Gasteiger partial charge is 0.422 e. The summed E-state index contributed by atoms with van der Waals surface area (Å²) in [6, 6.07) is 2.62. The minimum atomic E-state index is -4.45. The van der Waals surface area contributed by atoms with Crippen LogP contribution in [0.25, 0.3) is 0 Å². The van der Waals surface area contributed by atoms with Crippen molar-refractivity contribution in [2.75, 3.05) is 65.6 Å². The van der Waals surface area contributed by atoms with E-state index in [-0.39, 0.29) is 23.3 Å². The standard InChI is InChI=1S/C18H23F3N4O4/c19-18(20,21)13-29-15-2-1-14(11-22-15)17(27)25-5-3-24(4-6-25)16(26)12-23-7-9-28-10-8-23/h1-2,11H,3-10,12-13H2. The summed E-state index contributed by atoms with van der Waals surface area (Å²) in [4.78, 5) is 34.1. The van der Waals surface area contributed by atoms with Crippen molar-refractivity contribution < 1.29 is 32.2 Å². The number of carbonyl (C=O) groups excluding carboxylic acids is 2. The molecule has 2 amide bonds. The molecule has 0 radical (unpaired) electrons. The molecule has 1 aromatic rings. The summed E-state index contributed by atoms with van der Waals surface area (Å²) in [7, 11) is 0. The predicted molar refractivity (Wildman–Crippen MR) is 95.5 cm³/mol.